The van der Waals surface area contributed by atoms with Crippen molar-refractivity contribution in [1.29, 1.82) is 0 Å². The average Bonchev–Trinajstić information content (AvgIpc) is 2.56. The van der Waals surface area contributed by atoms with Crippen molar-refractivity contribution in [3.05, 3.63) is 59.9 Å². The van der Waals surface area contributed by atoms with Gasteiger partial charge < -0.3 is 5.32 Å². The number of nitrogens with zero attached hydrogens (tertiary/aromatic N) is 1. The Morgan fingerprint density at radius 2 is 1.83 bits per heavy atom. The van der Waals surface area contributed by atoms with Crippen LogP contribution in [0, 0.1) is 5.82 Å². The first-order valence-corrected chi connectivity index (χ1v) is 9.24. The van der Waals surface area contributed by atoms with E-state index in [0.29, 0.717) is 29.9 Å². The fraction of sp³-hybridized carbons (Fsp3) is 0.235. The van der Waals surface area contributed by atoms with E-state index in [2.05, 4.69) is 5.32 Å². The van der Waals surface area contributed by atoms with E-state index in [0.717, 1.165) is 6.42 Å². The molecule has 24 heavy (non-hydrogen) atoms. The third-order valence-corrected chi connectivity index (χ3v) is 5.72. The fourth-order valence-electron chi connectivity index (χ4n) is 2.62. The maximum Gasteiger partial charge on any atom is 0.255 e. The van der Waals surface area contributed by atoms with Crippen molar-refractivity contribution < 1.29 is 17.6 Å². The number of amides is 1. The number of nitrogens with one attached hydrogen (secondary N) is 1. The summed E-state index contributed by atoms with van der Waals surface area (Å²) in [6, 6.07) is 11.9. The molecule has 0 atom stereocenters. The number of halogens is 1. The third kappa shape index (κ3) is 3.56. The van der Waals surface area contributed by atoms with Gasteiger partial charge in [-0.1, -0.05) is 6.07 Å². The first-order chi connectivity index (χ1) is 11.5. The lowest BCUT2D eigenvalue weighted by molar-refractivity contribution is 0.102. The van der Waals surface area contributed by atoms with Crippen LogP contribution in [0.1, 0.15) is 23.2 Å². The Hall–Kier alpha value is -2.41. The van der Waals surface area contributed by atoms with Crippen molar-refractivity contribution in [1.82, 2.24) is 0 Å². The second kappa shape index (κ2) is 6.60. The number of anilines is 2. The van der Waals surface area contributed by atoms with Crippen LogP contribution >= 0.6 is 0 Å². The highest BCUT2D eigenvalue weighted by molar-refractivity contribution is 7.92. The lowest BCUT2D eigenvalue weighted by Gasteiger charge is -2.28. The van der Waals surface area contributed by atoms with E-state index in [1.807, 2.05) is 0 Å². The molecule has 0 unspecified atom stereocenters. The van der Waals surface area contributed by atoms with Crippen LogP contribution in [0.5, 0.6) is 0 Å². The highest BCUT2D eigenvalue weighted by Gasteiger charge is 2.26. The quantitative estimate of drug-likeness (QED) is 0.927. The molecule has 0 spiro atoms. The van der Waals surface area contributed by atoms with Crippen molar-refractivity contribution in [2.24, 2.45) is 0 Å². The minimum absolute atomic E-state index is 0.124. The molecule has 2 aromatic carbocycles. The SMILES string of the molecule is O=C(Nc1ccc(F)cc1)c1cccc(N2CCCCS2(=O)=O)c1. The second-order valence-electron chi connectivity index (χ2n) is 5.61. The summed E-state index contributed by atoms with van der Waals surface area (Å²) in [5, 5.41) is 2.66. The van der Waals surface area contributed by atoms with Crippen LogP contribution in [0.2, 0.25) is 0 Å². The van der Waals surface area contributed by atoms with E-state index in [9.17, 15) is 17.6 Å². The molecule has 1 heterocycles. The zero-order valence-corrected chi connectivity index (χ0v) is 13.7. The average molecular weight is 348 g/mol. The van der Waals surface area contributed by atoms with Crippen LogP contribution in [0.3, 0.4) is 0 Å². The molecule has 1 amide bonds. The fourth-order valence-corrected chi connectivity index (χ4v) is 4.25. The number of carbonyl (C=O) groups is 1. The number of carbonyl (C=O) groups excluding carboxylic acids is 1. The summed E-state index contributed by atoms with van der Waals surface area (Å²) >= 11 is 0. The van der Waals surface area contributed by atoms with Gasteiger partial charge in [0.05, 0.1) is 11.4 Å². The van der Waals surface area contributed by atoms with Gasteiger partial charge in [-0.25, -0.2) is 12.8 Å². The van der Waals surface area contributed by atoms with E-state index in [1.54, 1.807) is 24.3 Å². The number of sulfonamides is 1. The van der Waals surface area contributed by atoms with Gasteiger partial charge >= 0.3 is 0 Å². The van der Waals surface area contributed by atoms with E-state index in [-0.39, 0.29) is 17.5 Å². The zero-order chi connectivity index (χ0) is 17.2. The van der Waals surface area contributed by atoms with Crippen LogP contribution in [-0.2, 0) is 10.0 Å². The molecule has 0 aromatic heterocycles. The molecule has 0 radical (unpaired) electrons. The van der Waals surface area contributed by atoms with Crippen molar-refractivity contribution in [2.45, 2.75) is 12.8 Å². The summed E-state index contributed by atoms with van der Waals surface area (Å²) in [4.78, 5) is 12.3. The van der Waals surface area contributed by atoms with Gasteiger partial charge in [0.25, 0.3) is 5.91 Å². The van der Waals surface area contributed by atoms with Crippen molar-refractivity contribution in [3.8, 4) is 0 Å². The number of hydrogen-bond acceptors (Lipinski definition) is 3. The molecule has 5 nitrogen and oxygen atoms in total. The van der Waals surface area contributed by atoms with Crippen LogP contribution < -0.4 is 9.62 Å². The Bertz CT molecular complexity index is 850. The maximum absolute atomic E-state index is 12.9. The van der Waals surface area contributed by atoms with Crippen LogP contribution in [0.15, 0.2) is 48.5 Å². The first kappa shape index (κ1) is 16.4. The lowest BCUT2D eigenvalue weighted by Crippen LogP contribution is -2.37. The Balaban J connectivity index is 1.82. The zero-order valence-electron chi connectivity index (χ0n) is 12.9. The molecular formula is C17H17FN2O3S. The number of rotatable bonds is 3. The largest absolute Gasteiger partial charge is 0.322 e. The van der Waals surface area contributed by atoms with Crippen LogP contribution in [0.4, 0.5) is 15.8 Å². The molecule has 1 saturated heterocycles. The van der Waals surface area contributed by atoms with Crippen molar-refractivity contribution in [3.63, 3.8) is 0 Å². The van der Waals surface area contributed by atoms with Gasteiger partial charge in [-0.3, -0.25) is 9.10 Å². The number of hydrogen-bond donors (Lipinski definition) is 1. The molecule has 1 aliphatic rings. The Morgan fingerprint density at radius 3 is 2.54 bits per heavy atom. The van der Waals surface area contributed by atoms with Gasteiger partial charge in [-0.15, -0.1) is 0 Å². The van der Waals surface area contributed by atoms with Gasteiger partial charge in [0.2, 0.25) is 10.0 Å². The highest BCUT2D eigenvalue weighted by atomic mass is 32.2. The predicted molar refractivity (Wildman–Crippen MR) is 91.2 cm³/mol. The van der Waals surface area contributed by atoms with Gasteiger partial charge in [-0.05, 0) is 55.3 Å². The van der Waals surface area contributed by atoms with E-state index >= 15 is 0 Å². The molecule has 0 bridgehead atoms. The van der Waals surface area contributed by atoms with E-state index < -0.39 is 10.0 Å². The molecule has 126 valence electrons. The monoisotopic (exact) mass is 348 g/mol. The summed E-state index contributed by atoms with van der Waals surface area (Å²) in [5.74, 6) is -0.637. The molecule has 7 heteroatoms. The predicted octanol–water partition coefficient (Wildman–Crippen LogP) is 3.01. The molecule has 0 saturated carbocycles. The molecule has 1 aliphatic heterocycles. The molecule has 3 rings (SSSR count). The van der Waals surface area contributed by atoms with Crippen LogP contribution in [0.25, 0.3) is 0 Å². The van der Waals surface area contributed by atoms with Gasteiger partial charge in [0.15, 0.2) is 0 Å². The summed E-state index contributed by atoms with van der Waals surface area (Å²) in [6.07, 6.45) is 1.45. The molecule has 0 aliphatic carbocycles. The summed E-state index contributed by atoms with van der Waals surface area (Å²) in [7, 11) is -3.32. The smallest absolute Gasteiger partial charge is 0.255 e. The molecule has 2 aromatic rings. The van der Waals surface area contributed by atoms with E-state index in [4.69, 9.17) is 0 Å². The van der Waals surface area contributed by atoms with Crippen molar-refractivity contribution >= 4 is 27.3 Å². The summed E-state index contributed by atoms with van der Waals surface area (Å²) in [6.45, 7) is 0.422. The first-order valence-electron chi connectivity index (χ1n) is 7.63. The van der Waals surface area contributed by atoms with Crippen molar-refractivity contribution in [2.75, 3.05) is 21.9 Å². The lowest BCUT2D eigenvalue weighted by atomic mass is 10.1. The highest BCUT2D eigenvalue weighted by Crippen LogP contribution is 2.24. The number of benzene rings is 2. The Labute approximate surface area is 140 Å². The Kier molecular flexibility index (Phi) is 4.53. The Morgan fingerprint density at radius 1 is 1.08 bits per heavy atom. The standard InChI is InChI=1S/C17H17FN2O3S/c18-14-6-8-15(9-7-14)19-17(21)13-4-3-5-16(12-13)20-10-1-2-11-24(20,22)23/h3-9,12H,1-2,10-11H2,(H,19,21). The normalized spacial score (nSPS) is 16.6. The van der Waals surface area contributed by atoms with E-state index in [1.165, 1.54) is 28.6 Å². The molecule has 1 fully saturated rings. The minimum atomic E-state index is -3.32. The minimum Gasteiger partial charge on any atom is -0.322 e. The third-order valence-electron chi connectivity index (χ3n) is 3.85. The summed E-state index contributed by atoms with van der Waals surface area (Å²) < 4.78 is 38.6. The van der Waals surface area contributed by atoms with Crippen LogP contribution in [-0.4, -0.2) is 26.6 Å². The maximum atomic E-state index is 12.9. The topological polar surface area (TPSA) is 66.5 Å². The molecular weight excluding hydrogens is 331 g/mol. The van der Waals surface area contributed by atoms with Gasteiger partial charge in [-0.2, -0.15) is 0 Å². The molecule has 1 N–H and O–H groups in total. The van der Waals surface area contributed by atoms with Gasteiger partial charge in [0, 0.05) is 17.8 Å². The van der Waals surface area contributed by atoms with Gasteiger partial charge in [0.1, 0.15) is 5.82 Å². The summed E-state index contributed by atoms with van der Waals surface area (Å²) in [5.41, 5.74) is 1.30. The second-order valence-corrected chi connectivity index (χ2v) is 7.62.